The maximum atomic E-state index is 13.4. The number of carbonyl (C=O) groups excluding carboxylic acids is 2. The molecule has 0 radical (unpaired) electrons. The van der Waals surface area contributed by atoms with Crippen LogP contribution in [0.15, 0.2) is 48.5 Å². The summed E-state index contributed by atoms with van der Waals surface area (Å²) in [6, 6.07) is 11.1. The van der Waals surface area contributed by atoms with E-state index in [1.807, 2.05) is 0 Å². The lowest BCUT2D eigenvalue weighted by molar-refractivity contribution is 0.0706. The fourth-order valence-corrected chi connectivity index (χ4v) is 4.24. The van der Waals surface area contributed by atoms with E-state index >= 15 is 0 Å². The first-order valence-corrected chi connectivity index (χ1v) is 10.3. The van der Waals surface area contributed by atoms with Crippen LogP contribution in [0.5, 0.6) is 0 Å². The number of rotatable bonds is 4. The van der Waals surface area contributed by atoms with Crippen molar-refractivity contribution in [2.45, 2.75) is 18.8 Å². The zero-order chi connectivity index (χ0) is 21.1. The summed E-state index contributed by atoms with van der Waals surface area (Å²) in [5.41, 5.74) is 0.773. The minimum atomic E-state index is -0.449. The average molecular weight is 428 g/mol. The molecule has 0 aliphatic carbocycles. The van der Waals surface area contributed by atoms with Crippen LogP contribution < -0.4 is 5.32 Å². The molecular weight excluding hydrogens is 410 g/mol. The molecular formula is C21H18F2N4O2S. The van der Waals surface area contributed by atoms with Crippen LogP contribution in [0.1, 0.15) is 43.9 Å². The van der Waals surface area contributed by atoms with Crippen LogP contribution >= 0.6 is 11.3 Å². The highest BCUT2D eigenvalue weighted by molar-refractivity contribution is 7.13. The van der Waals surface area contributed by atoms with Crippen LogP contribution in [0.3, 0.4) is 0 Å². The second-order valence-corrected chi connectivity index (χ2v) is 8.02. The van der Waals surface area contributed by atoms with Crippen LogP contribution in [0, 0.1) is 11.6 Å². The molecule has 0 unspecified atom stereocenters. The highest BCUT2D eigenvalue weighted by Gasteiger charge is 2.28. The van der Waals surface area contributed by atoms with Gasteiger partial charge >= 0.3 is 0 Å². The smallest absolute Gasteiger partial charge is 0.286 e. The number of nitrogens with zero attached hydrogens (tertiary/aromatic N) is 3. The number of hydrogen-bond acceptors (Lipinski definition) is 5. The fourth-order valence-electron chi connectivity index (χ4n) is 3.38. The predicted molar refractivity (Wildman–Crippen MR) is 109 cm³/mol. The third-order valence-corrected chi connectivity index (χ3v) is 5.95. The van der Waals surface area contributed by atoms with Crippen molar-refractivity contribution < 1.29 is 18.4 Å². The summed E-state index contributed by atoms with van der Waals surface area (Å²) in [6.07, 6.45) is 1.60. The molecule has 1 atom stereocenters. The molecule has 30 heavy (non-hydrogen) atoms. The predicted octanol–water partition coefficient (Wildman–Crippen LogP) is 4.09. The zero-order valence-electron chi connectivity index (χ0n) is 15.8. The van der Waals surface area contributed by atoms with E-state index in [0.29, 0.717) is 29.3 Å². The molecule has 2 heterocycles. The number of likely N-dealkylation sites (tertiary alicyclic amines) is 1. The lowest BCUT2D eigenvalue weighted by Gasteiger charge is -2.31. The first kappa shape index (κ1) is 20.1. The molecule has 9 heteroatoms. The molecule has 1 aliphatic heterocycles. The number of hydrogen-bond donors (Lipinski definition) is 1. The van der Waals surface area contributed by atoms with E-state index in [9.17, 15) is 18.4 Å². The Morgan fingerprint density at radius 3 is 2.63 bits per heavy atom. The van der Waals surface area contributed by atoms with Crippen molar-refractivity contribution >= 4 is 28.8 Å². The van der Waals surface area contributed by atoms with Crippen molar-refractivity contribution in [2.75, 3.05) is 18.4 Å². The molecule has 1 saturated heterocycles. The number of carbonyl (C=O) groups is 2. The molecule has 0 saturated carbocycles. The summed E-state index contributed by atoms with van der Waals surface area (Å²) in [7, 11) is 0. The number of piperidine rings is 1. The molecule has 3 aromatic rings. The first-order chi connectivity index (χ1) is 14.5. The minimum absolute atomic E-state index is 0.0406. The standard InChI is InChI=1S/C21H18F2N4O2S/c22-15-6-8-17(9-7-15)24-18(28)20-26-25-19(30-20)14-4-2-10-27(12-14)21(29)13-3-1-5-16(23)11-13/h1,3,5-9,11,14H,2,4,10,12H2,(H,24,28)/t14-/m1/s1. The number of aromatic nitrogens is 2. The summed E-state index contributed by atoms with van der Waals surface area (Å²) >= 11 is 1.18. The van der Waals surface area contributed by atoms with Gasteiger partial charge in [0, 0.05) is 30.3 Å². The molecule has 6 nitrogen and oxygen atoms in total. The number of benzene rings is 2. The van der Waals surface area contributed by atoms with Crippen LogP contribution in [-0.4, -0.2) is 40.0 Å². The molecule has 1 fully saturated rings. The summed E-state index contributed by atoms with van der Waals surface area (Å²) in [6.45, 7) is 1.02. The van der Waals surface area contributed by atoms with Crippen LogP contribution in [0.25, 0.3) is 0 Å². The molecule has 1 aromatic heterocycles. The molecule has 1 aliphatic rings. The third kappa shape index (κ3) is 4.51. The van der Waals surface area contributed by atoms with Gasteiger partial charge in [0.05, 0.1) is 0 Å². The van der Waals surface area contributed by atoms with E-state index in [-0.39, 0.29) is 22.6 Å². The van der Waals surface area contributed by atoms with Gasteiger partial charge in [-0.15, -0.1) is 10.2 Å². The van der Waals surface area contributed by atoms with E-state index in [1.54, 1.807) is 11.0 Å². The summed E-state index contributed by atoms with van der Waals surface area (Å²) in [4.78, 5) is 26.8. The Morgan fingerprint density at radius 2 is 1.87 bits per heavy atom. The van der Waals surface area contributed by atoms with Gasteiger partial charge in [0.1, 0.15) is 16.6 Å². The van der Waals surface area contributed by atoms with Crippen molar-refractivity contribution in [1.29, 1.82) is 0 Å². The molecule has 4 rings (SSSR count). The second-order valence-electron chi connectivity index (χ2n) is 7.01. The van der Waals surface area contributed by atoms with Crippen molar-refractivity contribution in [3.8, 4) is 0 Å². The molecule has 1 N–H and O–H groups in total. The normalized spacial score (nSPS) is 16.3. The summed E-state index contributed by atoms with van der Waals surface area (Å²) < 4.78 is 26.4. The van der Waals surface area contributed by atoms with Gasteiger partial charge in [0.25, 0.3) is 11.8 Å². The van der Waals surface area contributed by atoms with Gasteiger partial charge in [0.2, 0.25) is 5.01 Å². The Labute approximate surface area is 175 Å². The van der Waals surface area contributed by atoms with Crippen LogP contribution in [0.4, 0.5) is 14.5 Å². The highest BCUT2D eigenvalue weighted by atomic mass is 32.1. The van der Waals surface area contributed by atoms with Gasteiger partial charge in [-0.2, -0.15) is 0 Å². The Kier molecular flexibility index (Phi) is 5.80. The maximum Gasteiger partial charge on any atom is 0.286 e. The monoisotopic (exact) mass is 428 g/mol. The molecule has 2 amide bonds. The maximum absolute atomic E-state index is 13.4. The minimum Gasteiger partial charge on any atom is -0.338 e. The van der Waals surface area contributed by atoms with Crippen molar-refractivity contribution in [3.05, 3.63) is 75.7 Å². The first-order valence-electron chi connectivity index (χ1n) is 9.45. The quantitative estimate of drug-likeness (QED) is 0.679. The SMILES string of the molecule is O=C(Nc1ccc(F)cc1)c1nnc([C@@H]2CCCN(C(=O)c3cccc(F)c3)C2)s1. The molecule has 154 valence electrons. The molecule has 0 bridgehead atoms. The lowest BCUT2D eigenvalue weighted by atomic mass is 9.98. The average Bonchev–Trinajstić information content (AvgIpc) is 3.25. The summed E-state index contributed by atoms with van der Waals surface area (Å²) in [5.74, 6) is -1.52. The fraction of sp³-hybridized carbons (Fsp3) is 0.238. The van der Waals surface area contributed by atoms with Gasteiger partial charge < -0.3 is 10.2 Å². The largest absolute Gasteiger partial charge is 0.338 e. The van der Waals surface area contributed by atoms with Crippen LogP contribution in [0.2, 0.25) is 0 Å². The number of halogens is 2. The van der Waals surface area contributed by atoms with Crippen LogP contribution in [-0.2, 0) is 0 Å². The Morgan fingerprint density at radius 1 is 1.07 bits per heavy atom. The molecule has 2 aromatic carbocycles. The van der Waals surface area contributed by atoms with E-state index < -0.39 is 11.7 Å². The Hall–Kier alpha value is -3.20. The third-order valence-electron chi connectivity index (χ3n) is 4.87. The molecule has 0 spiro atoms. The van der Waals surface area contributed by atoms with E-state index in [1.165, 1.54) is 53.8 Å². The van der Waals surface area contributed by atoms with Gasteiger partial charge in [-0.05, 0) is 55.3 Å². The summed E-state index contributed by atoms with van der Waals surface area (Å²) in [5, 5.41) is 11.7. The van der Waals surface area contributed by atoms with Gasteiger partial charge in [-0.1, -0.05) is 17.4 Å². The number of anilines is 1. The van der Waals surface area contributed by atoms with E-state index in [0.717, 1.165) is 12.8 Å². The van der Waals surface area contributed by atoms with Gasteiger partial charge in [-0.25, -0.2) is 8.78 Å². The number of amides is 2. The van der Waals surface area contributed by atoms with E-state index in [4.69, 9.17) is 0 Å². The Balaban J connectivity index is 1.43. The lowest BCUT2D eigenvalue weighted by Crippen LogP contribution is -2.39. The van der Waals surface area contributed by atoms with Crippen molar-refractivity contribution in [2.24, 2.45) is 0 Å². The van der Waals surface area contributed by atoms with Crippen molar-refractivity contribution in [3.63, 3.8) is 0 Å². The van der Waals surface area contributed by atoms with Gasteiger partial charge in [-0.3, -0.25) is 9.59 Å². The highest BCUT2D eigenvalue weighted by Crippen LogP contribution is 2.30. The van der Waals surface area contributed by atoms with Crippen molar-refractivity contribution in [1.82, 2.24) is 15.1 Å². The zero-order valence-corrected chi connectivity index (χ0v) is 16.7. The topological polar surface area (TPSA) is 75.2 Å². The van der Waals surface area contributed by atoms with E-state index in [2.05, 4.69) is 15.5 Å². The Bertz CT molecular complexity index is 1070. The number of nitrogens with one attached hydrogen (secondary N) is 1. The second kappa shape index (κ2) is 8.66. The van der Waals surface area contributed by atoms with Gasteiger partial charge in [0.15, 0.2) is 0 Å².